The lowest BCUT2D eigenvalue weighted by Gasteiger charge is -2.11. The van der Waals surface area contributed by atoms with Crippen molar-refractivity contribution in [1.82, 2.24) is 14.8 Å². The van der Waals surface area contributed by atoms with Crippen molar-refractivity contribution in [2.75, 3.05) is 0 Å². The van der Waals surface area contributed by atoms with Crippen molar-refractivity contribution in [1.29, 1.82) is 0 Å². The fraction of sp³-hybridized carbons (Fsp3) is 0.538. The largest absolute Gasteiger partial charge is 0.387 e. The Kier molecular flexibility index (Phi) is 4.76. The molecule has 0 aromatic carbocycles. The van der Waals surface area contributed by atoms with Gasteiger partial charge < -0.3 is 5.11 Å². The molecule has 2 rings (SSSR count). The normalized spacial score (nSPS) is 13.2. The smallest absolute Gasteiger partial charge is 0.138 e. The lowest BCUT2D eigenvalue weighted by molar-refractivity contribution is 0.177. The molecule has 0 bridgehead atoms. The van der Waals surface area contributed by atoms with Crippen LogP contribution in [0.2, 0.25) is 0 Å². The summed E-state index contributed by atoms with van der Waals surface area (Å²) < 4.78 is 2.93. The molecule has 0 spiro atoms. The van der Waals surface area contributed by atoms with E-state index >= 15 is 0 Å². The third-order valence-corrected chi connectivity index (χ3v) is 5.05. The number of hydrogen-bond acceptors (Lipinski definition) is 4. The van der Waals surface area contributed by atoms with Gasteiger partial charge in [0.25, 0.3) is 0 Å². The molecular weight excluding hydrogens is 326 g/mol. The van der Waals surface area contributed by atoms with E-state index in [0.29, 0.717) is 12.3 Å². The summed E-state index contributed by atoms with van der Waals surface area (Å²) in [6.45, 7) is 7.14. The highest BCUT2D eigenvalue weighted by Gasteiger charge is 2.16. The van der Waals surface area contributed by atoms with Gasteiger partial charge in [-0.15, -0.1) is 11.3 Å². The van der Waals surface area contributed by atoms with Crippen LogP contribution in [-0.4, -0.2) is 19.9 Å². The van der Waals surface area contributed by atoms with Crippen LogP contribution in [0, 0.1) is 12.8 Å². The Balaban J connectivity index is 2.10. The summed E-state index contributed by atoms with van der Waals surface area (Å²) in [5, 5.41) is 14.5. The van der Waals surface area contributed by atoms with Crippen molar-refractivity contribution >= 4 is 27.3 Å². The van der Waals surface area contributed by atoms with Crippen LogP contribution >= 0.6 is 27.3 Å². The first kappa shape index (κ1) is 14.7. The van der Waals surface area contributed by atoms with Crippen molar-refractivity contribution in [3.8, 4) is 0 Å². The number of aliphatic hydroxyl groups is 1. The molecule has 2 aromatic heterocycles. The fourth-order valence-corrected chi connectivity index (χ4v) is 3.41. The number of nitrogens with zero attached hydrogens (tertiary/aromatic N) is 3. The molecule has 104 valence electrons. The van der Waals surface area contributed by atoms with Crippen molar-refractivity contribution in [3.05, 3.63) is 32.4 Å². The Morgan fingerprint density at radius 1 is 1.47 bits per heavy atom. The van der Waals surface area contributed by atoms with Crippen molar-refractivity contribution < 1.29 is 5.11 Å². The molecule has 4 nitrogen and oxygen atoms in total. The maximum absolute atomic E-state index is 10.3. The average Bonchev–Trinajstić information content (AvgIpc) is 2.87. The summed E-state index contributed by atoms with van der Waals surface area (Å²) in [7, 11) is 0. The molecule has 0 saturated heterocycles. The highest BCUT2D eigenvalue weighted by atomic mass is 79.9. The van der Waals surface area contributed by atoms with Gasteiger partial charge in [0.1, 0.15) is 12.2 Å². The second-order valence-corrected chi connectivity index (χ2v) is 7.17. The standard InChI is InChI=1S/C13H18BrN3OS/c1-8(2)6-17-13(15-7-16-17)5-11(18)12-4-10(14)9(3)19-12/h4,7-8,11,18H,5-6H2,1-3H3. The van der Waals surface area contributed by atoms with E-state index in [1.165, 1.54) is 4.88 Å². The second-order valence-electron chi connectivity index (χ2n) is 5.03. The van der Waals surface area contributed by atoms with Crippen molar-refractivity contribution in [2.45, 2.75) is 39.8 Å². The van der Waals surface area contributed by atoms with E-state index in [9.17, 15) is 5.11 Å². The number of rotatable bonds is 5. The van der Waals surface area contributed by atoms with Crippen LogP contribution < -0.4 is 0 Å². The van der Waals surface area contributed by atoms with Crippen LogP contribution in [0.3, 0.4) is 0 Å². The lowest BCUT2D eigenvalue weighted by Crippen LogP contribution is -2.13. The molecule has 0 amide bonds. The van der Waals surface area contributed by atoms with Crippen LogP contribution in [0.5, 0.6) is 0 Å². The summed E-state index contributed by atoms with van der Waals surface area (Å²) in [5.41, 5.74) is 0. The second kappa shape index (κ2) is 6.15. The first-order chi connectivity index (χ1) is 8.97. The molecule has 2 aromatic rings. The molecule has 0 radical (unpaired) electrons. The number of halogens is 1. The van der Waals surface area contributed by atoms with E-state index in [0.717, 1.165) is 21.7 Å². The zero-order valence-corrected chi connectivity index (χ0v) is 13.7. The van der Waals surface area contributed by atoms with Crippen LogP contribution in [0.4, 0.5) is 0 Å². The SMILES string of the molecule is Cc1sc(C(O)Cc2ncnn2CC(C)C)cc1Br. The van der Waals surface area contributed by atoms with E-state index in [4.69, 9.17) is 0 Å². The first-order valence-electron chi connectivity index (χ1n) is 6.28. The molecule has 1 N–H and O–H groups in total. The van der Waals surface area contributed by atoms with Gasteiger partial charge in [0.15, 0.2) is 0 Å². The van der Waals surface area contributed by atoms with Gasteiger partial charge in [-0.05, 0) is 34.8 Å². The zero-order chi connectivity index (χ0) is 14.0. The third kappa shape index (κ3) is 3.64. The summed E-state index contributed by atoms with van der Waals surface area (Å²) in [6, 6.07) is 1.98. The van der Waals surface area contributed by atoms with Crippen molar-refractivity contribution in [2.24, 2.45) is 5.92 Å². The molecule has 1 unspecified atom stereocenters. The molecule has 19 heavy (non-hydrogen) atoms. The van der Waals surface area contributed by atoms with E-state index in [-0.39, 0.29) is 0 Å². The van der Waals surface area contributed by atoms with Gasteiger partial charge in [0.2, 0.25) is 0 Å². The van der Waals surface area contributed by atoms with Gasteiger partial charge in [-0.1, -0.05) is 13.8 Å². The number of aromatic nitrogens is 3. The van der Waals surface area contributed by atoms with Crippen LogP contribution in [-0.2, 0) is 13.0 Å². The molecule has 0 aliphatic rings. The Labute approximate surface area is 125 Å². The van der Waals surface area contributed by atoms with Crippen LogP contribution in [0.25, 0.3) is 0 Å². The molecule has 0 fully saturated rings. The number of thiophene rings is 1. The fourth-order valence-electron chi connectivity index (χ4n) is 1.86. The predicted octanol–water partition coefficient (Wildman–Crippen LogP) is 3.34. The Morgan fingerprint density at radius 2 is 2.21 bits per heavy atom. The van der Waals surface area contributed by atoms with E-state index in [2.05, 4.69) is 39.9 Å². The van der Waals surface area contributed by atoms with Gasteiger partial charge in [-0.25, -0.2) is 9.67 Å². The average molecular weight is 344 g/mol. The minimum atomic E-state index is -0.523. The van der Waals surface area contributed by atoms with E-state index in [1.54, 1.807) is 17.7 Å². The van der Waals surface area contributed by atoms with E-state index < -0.39 is 6.10 Å². The quantitative estimate of drug-likeness (QED) is 0.905. The minimum Gasteiger partial charge on any atom is -0.387 e. The summed E-state index contributed by atoms with van der Waals surface area (Å²) in [5.74, 6) is 1.35. The molecule has 1 atom stereocenters. The Hall–Kier alpha value is -0.720. The topological polar surface area (TPSA) is 50.9 Å². The molecule has 6 heteroatoms. The van der Waals surface area contributed by atoms with Gasteiger partial charge >= 0.3 is 0 Å². The minimum absolute atomic E-state index is 0.499. The Morgan fingerprint density at radius 3 is 2.79 bits per heavy atom. The van der Waals surface area contributed by atoms with Crippen LogP contribution in [0.15, 0.2) is 16.9 Å². The van der Waals surface area contributed by atoms with Gasteiger partial charge in [-0.3, -0.25) is 0 Å². The maximum atomic E-state index is 10.3. The van der Waals surface area contributed by atoms with Gasteiger partial charge in [0.05, 0.1) is 6.10 Å². The first-order valence-corrected chi connectivity index (χ1v) is 7.89. The summed E-state index contributed by atoms with van der Waals surface area (Å²) >= 11 is 5.09. The Bertz CT molecular complexity index is 530. The molecule has 2 heterocycles. The number of aryl methyl sites for hydroxylation is 1. The highest BCUT2D eigenvalue weighted by molar-refractivity contribution is 9.10. The molecule has 0 aliphatic carbocycles. The molecule has 0 saturated carbocycles. The lowest BCUT2D eigenvalue weighted by atomic mass is 10.2. The maximum Gasteiger partial charge on any atom is 0.138 e. The summed E-state index contributed by atoms with van der Waals surface area (Å²) in [6.07, 6.45) is 1.53. The van der Waals surface area contributed by atoms with Gasteiger partial charge in [-0.2, -0.15) is 5.10 Å². The third-order valence-electron chi connectivity index (χ3n) is 2.81. The zero-order valence-electron chi connectivity index (χ0n) is 11.3. The van der Waals surface area contributed by atoms with Crippen LogP contribution in [0.1, 0.15) is 35.5 Å². The number of aliphatic hydroxyl groups excluding tert-OH is 1. The number of hydrogen-bond donors (Lipinski definition) is 1. The van der Waals surface area contributed by atoms with E-state index in [1.807, 2.05) is 17.7 Å². The molecule has 0 aliphatic heterocycles. The summed E-state index contributed by atoms with van der Waals surface area (Å²) in [4.78, 5) is 6.39. The monoisotopic (exact) mass is 343 g/mol. The molecular formula is C13H18BrN3OS. The van der Waals surface area contributed by atoms with Gasteiger partial charge in [0, 0.05) is 27.2 Å². The predicted molar refractivity (Wildman–Crippen MR) is 80.3 cm³/mol. The van der Waals surface area contributed by atoms with Crippen molar-refractivity contribution in [3.63, 3.8) is 0 Å². The highest BCUT2D eigenvalue weighted by Crippen LogP contribution is 2.31.